The molecule has 1 atom stereocenters. The molecule has 0 N–H and O–H groups in total. The lowest BCUT2D eigenvalue weighted by Gasteiger charge is -2.35. The largest absolute Gasteiger partial charge is 0.310 e. The molecule has 0 saturated carbocycles. The van der Waals surface area contributed by atoms with Gasteiger partial charge in [0, 0.05) is 16.8 Å². The molecule has 0 heterocycles. The molecule has 1 unspecified atom stereocenters. The third-order valence-corrected chi connectivity index (χ3v) is 14.5. The molecule has 0 saturated heterocycles. The van der Waals surface area contributed by atoms with Crippen molar-refractivity contribution in [2.45, 2.75) is 10.8 Å². The van der Waals surface area contributed by atoms with Crippen molar-refractivity contribution in [1.82, 2.24) is 0 Å². The van der Waals surface area contributed by atoms with E-state index in [2.05, 4.69) is 229 Å². The number of rotatable bonds is 5. The molecule has 4 aliphatic rings. The Kier molecular flexibility index (Phi) is 6.48. The maximum absolute atomic E-state index is 2.54. The van der Waals surface area contributed by atoms with Crippen LogP contribution in [0.3, 0.4) is 0 Å². The van der Waals surface area contributed by atoms with Gasteiger partial charge in [0.1, 0.15) is 0 Å². The number of anilines is 3. The predicted molar refractivity (Wildman–Crippen MR) is 251 cm³/mol. The average molecular weight is 772 g/mol. The quantitative estimate of drug-likeness (QED) is 0.168. The van der Waals surface area contributed by atoms with E-state index in [-0.39, 0.29) is 5.41 Å². The Morgan fingerprint density at radius 3 is 1.31 bits per heavy atom. The van der Waals surface area contributed by atoms with Crippen molar-refractivity contribution >= 4 is 27.8 Å². The van der Waals surface area contributed by atoms with Gasteiger partial charge in [0.2, 0.25) is 0 Å². The van der Waals surface area contributed by atoms with Crippen LogP contribution in [-0.4, -0.2) is 0 Å². The first kappa shape index (κ1) is 33.1. The van der Waals surface area contributed by atoms with Crippen LogP contribution in [-0.2, 0) is 10.8 Å². The number of benzene rings is 10. The van der Waals surface area contributed by atoms with Crippen molar-refractivity contribution in [3.05, 3.63) is 269 Å². The summed E-state index contributed by atoms with van der Waals surface area (Å²) in [5, 5.41) is 2.44. The third kappa shape index (κ3) is 4.02. The molecule has 4 aliphatic carbocycles. The highest BCUT2D eigenvalue weighted by Crippen LogP contribution is 2.70. The average Bonchev–Trinajstić information content (AvgIpc) is 4.01. The predicted octanol–water partition coefficient (Wildman–Crippen LogP) is 15.0. The van der Waals surface area contributed by atoms with E-state index in [1.165, 1.54) is 99.8 Å². The van der Waals surface area contributed by atoms with Gasteiger partial charge in [-0.3, -0.25) is 0 Å². The van der Waals surface area contributed by atoms with Crippen LogP contribution in [0, 0.1) is 0 Å². The Balaban J connectivity index is 1.07. The molecule has 10 aromatic rings. The van der Waals surface area contributed by atoms with Crippen LogP contribution >= 0.6 is 0 Å². The molecular formula is C60H37N. The van der Waals surface area contributed by atoms with Gasteiger partial charge in [-0.25, -0.2) is 0 Å². The summed E-state index contributed by atoms with van der Waals surface area (Å²) in [5.41, 5.74) is 24.0. The number of hydrogen-bond acceptors (Lipinski definition) is 1. The Labute approximate surface area is 355 Å². The molecule has 0 amide bonds. The van der Waals surface area contributed by atoms with Crippen LogP contribution in [0.4, 0.5) is 17.1 Å². The Morgan fingerprint density at radius 2 is 0.689 bits per heavy atom. The van der Waals surface area contributed by atoms with Gasteiger partial charge in [0.25, 0.3) is 0 Å². The second-order valence-corrected chi connectivity index (χ2v) is 17.1. The van der Waals surface area contributed by atoms with Crippen LogP contribution in [0.2, 0.25) is 0 Å². The lowest BCUT2D eigenvalue weighted by molar-refractivity contribution is 0.768. The smallest absolute Gasteiger partial charge is 0.0738 e. The molecule has 61 heavy (non-hydrogen) atoms. The molecule has 0 fully saturated rings. The van der Waals surface area contributed by atoms with Crippen LogP contribution in [0.1, 0.15) is 44.5 Å². The first-order chi connectivity index (χ1) is 30.3. The van der Waals surface area contributed by atoms with Crippen molar-refractivity contribution in [1.29, 1.82) is 0 Å². The zero-order valence-corrected chi connectivity index (χ0v) is 33.3. The van der Waals surface area contributed by atoms with Crippen molar-refractivity contribution in [3.8, 4) is 44.5 Å². The van der Waals surface area contributed by atoms with E-state index in [1.54, 1.807) is 0 Å². The minimum absolute atomic E-state index is 0.375. The monoisotopic (exact) mass is 771 g/mol. The molecule has 0 bridgehead atoms. The number of nitrogens with zero attached hydrogens (tertiary/aromatic N) is 1. The van der Waals surface area contributed by atoms with Crippen molar-refractivity contribution < 1.29 is 0 Å². The number of fused-ring (bicyclic) bond motifs is 9. The molecular weight excluding hydrogens is 735 g/mol. The maximum Gasteiger partial charge on any atom is 0.0738 e. The summed E-state index contributed by atoms with van der Waals surface area (Å²) in [4.78, 5) is 2.54. The van der Waals surface area contributed by atoms with E-state index in [4.69, 9.17) is 0 Å². The fourth-order valence-electron chi connectivity index (χ4n) is 12.3. The summed E-state index contributed by atoms with van der Waals surface area (Å²) in [6.07, 6.45) is 0. The minimum atomic E-state index is -0.513. The van der Waals surface area contributed by atoms with Gasteiger partial charge >= 0.3 is 0 Å². The highest BCUT2D eigenvalue weighted by Gasteiger charge is 2.57. The molecule has 1 heteroatoms. The molecule has 1 spiro atoms. The topological polar surface area (TPSA) is 3.24 Å². The van der Waals surface area contributed by atoms with E-state index in [0.29, 0.717) is 0 Å². The fraction of sp³-hybridized carbons (Fsp3) is 0.0333. The van der Waals surface area contributed by atoms with Crippen LogP contribution in [0.5, 0.6) is 0 Å². The van der Waals surface area contributed by atoms with Crippen LogP contribution in [0.25, 0.3) is 55.3 Å². The van der Waals surface area contributed by atoms with Crippen molar-refractivity contribution in [3.63, 3.8) is 0 Å². The first-order valence-corrected chi connectivity index (χ1v) is 21.4. The van der Waals surface area contributed by atoms with E-state index in [0.717, 1.165) is 17.1 Å². The van der Waals surface area contributed by atoms with E-state index < -0.39 is 5.41 Å². The Morgan fingerprint density at radius 1 is 0.279 bits per heavy atom. The molecule has 14 rings (SSSR count). The molecule has 282 valence electrons. The van der Waals surface area contributed by atoms with Gasteiger partial charge in [0.15, 0.2) is 0 Å². The standard InChI is InChI=1S/C60H37N/c1-3-18-39(19-4-1)59(40-20-5-2-6-21-40)52-29-11-9-23-44(52)46-34-32-41(36-54(46)59)61(56-31-13-17-38-16-7-8-22-43(38)56)42-33-35-47-49-26-15-28-51-50-27-14-25-48-45-24-10-12-30-53(45)60(57(48)50,58(49)51)55(47)37-42/h1-37H. The van der Waals surface area contributed by atoms with E-state index in [9.17, 15) is 0 Å². The second kappa shape index (κ2) is 11.9. The van der Waals surface area contributed by atoms with E-state index in [1.807, 2.05) is 0 Å². The van der Waals surface area contributed by atoms with Gasteiger partial charge in [-0.2, -0.15) is 0 Å². The van der Waals surface area contributed by atoms with Crippen molar-refractivity contribution in [2.24, 2.45) is 0 Å². The SMILES string of the molecule is c1ccc(C2(c3ccccc3)c3ccccc3-c3ccc(N(c4ccc5c(c4)C46c7ccccc7-c7cccc(c74)-c4cccc-5c46)c4cccc5ccccc45)cc32)cc1. The minimum Gasteiger partial charge on any atom is -0.310 e. The summed E-state index contributed by atoms with van der Waals surface area (Å²) in [6.45, 7) is 0. The molecule has 0 aromatic heterocycles. The zero-order valence-electron chi connectivity index (χ0n) is 33.3. The Hall–Kier alpha value is -7.74. The zero-order chi connectivity index (χ0) is 39.9. The van der Waals surface area contributed by atoms with Gasteiger partial charge < -0.3 is 4.90 Å². The van der Waals surface area contributed by atoms with Crippen LogP contribution < -0.4 is 4.90 Å². The first-order valence-electron chi connectivity index (χ1n) is 21.4. The maximum atomic E-state index is 2.54. The molecule has 0 aliphatic heterocycles. The summed E-state index contributed by atoms with van der Waals surface area (Å²) >= 11 is 0. The summed E-state index contributed by atoms with van der Waals surface area (Å²) in [5.74, 6) is 0. The normalized spacial score (nSPS) is 16.1. The number of hydrogen-bond donors (Lipinski definition) is 0. The molecule has 10 aromatic carbocycles. The third-order valence-electron chi connectivity index (χ3n) is 14.5. The summed E-state index contributed by atoms with van der Waals surface area (Å²) < 4.78 is 0. The van der Waals surface area contributed by atoms with Crippen LogP contribution in [0.15, 0.2) is 224 Å². The summed E-state index contributed by atoms with van der Waals surface area (Å²) in [6, 6.07) is 84.5. The lowest BCUT2D eigenvalue weighted by atomic mass is 9.67. The van der Waals surface area contributed by atoms with Gasteiger partial charge in [-0.15, -0.1) is 0 Å². The fourth-order valence-corrected chi connectivity index (χ4v) is 12.3. The Bertz CT molecular complexity index is 3350. The summed E-state index contributed by atoms with van der Waals surface area (Å²) in [7, 11) is 0. The van der Waals surface area contributed by atoms with Gasteiger partial charge in [-0.1, -0.05) is 194 Å². The molecule has 1 nitrogen and oxygen atoms in total. The lowest BCUT2D eigenvalue weighted by Crippen LogP contribution is -2.28. The van der Waals surface area contributed by atoms with Gasteiger partial charge in [-0.05, 0) is 125 Å². The highest BCUT2D eigenvalue weighted by atomic mass is 15.1. The second-order valence-electron chi connectivity index (χ2n) is 17.1. The highest BCUT2D eigenvalue weighted by molar-refractivity contribution is 6.07. The van der Waals surface area contributed by atoms with Gasteiger partial charge in [0.05, 0.1) is 16.5 Å². The van der Waals surface area contributed by atoms with Crippen molar-refractivity contribution in [2.75, 3.05) is 4.90 Å². The van der Waals surface area contributed by atoms with E-state index >= 15 is 0 Å². The molecule has 0 radical (unpaired) electrons.